The molecule has 2 aliphatic rings. The SMILES string of the molecule is CC.Oc1cccc(N2CCN(Cc3nc(-c4cccc(F)c4)c(-c4cccc(F)c4)[nH]3)CC2)c1.Oc1ccccc1N1CCN(Cc2nc(-c3cccc(F)c3)c(-c3cccc(F)c3)[nH]2)CC1. The first-order valence-electron chi connectivity index (χ1n) is 22.8. The number of aromatic nitrogens is 4. The molecule has 2 fully saturated rings. The second-order valence-corrected chi connectivity index (χ2v) is 16.4. The highest BCUT2D eigenvalue weighted by Crippen LogP contribution is 2.34. The van der Waals surface area contributed by atoms with Crippen molar-refractivity contribution in [1.29, 1.82) is 0 Å². The van der Waals surface area contributed by atoms with Crippen LogP contribution >= 0.6 is 0 Å². The van der Waals surface area contributed by atoms with Gasteiger partial charge in [-0.05, 0) is 72.8 Å². The maximum Gasteiger partial charge on any atom is 0.138 e. The number of rotatable bonds is 10. The van der Waals surface area contributed by atoms with Gasteiger partial charge in [0.05, 0.1) is 41.6 Å². The van der Waals surface area contributed by atoms with Crippen LogP contribution in [0.1, 0.15) is 25.5 Å². The lowest BCUT2D eigenvalue weighted by atomic mass is 10.0. The van der Waals surface area contributed by atoms with Crippen LogP contribution in [-0.2, 0) is 13.1 Å². The molecule has 68 heavy (non-hydrogen) atoms. The number of hydrogen-bond donors (Lipinski definition) is 4. The number of nitrogens with one attached hydrogen (secondary N) is 2. The summed E-state index contributed by atoms with van der Waals surface area (Å²) in [6.45, 7) is 11.7. The molecule has 2 saturated heterocycles. The fraction of sp³-hybridized carbons (Fsp3) is 0.222. The average molecular weight is 923 g/mol. The van der Waals surface area contributed by atoms with E-state index in [4.69, 9.17) is 9.97 Å². The highest BCUT2D eigenvalue weighted by atomic mass is 19.1. The van der Waals surface area contributed by atoms with Crippen LogP contribution in [0.2, 0.25) is 0 Å². The molecular weight excluding hydrogens is 869 g/mol. The number of para-hydroxylation sites is 2. The zero-order chi connectivity index (χ0) is 47.6. The monoisotopic (exact) mass is 922 g/mol. The lowest BCUT2D eigenvalue weighted by molar-refractivity contribution is 0.244. The molecule has 10 rings (SSSR count). The van der Waals surface area contributed by atoms with Crippen molar-refractivity contribution in [2.24, 2.45) is 0 Å². The number of H-pyrrole nitrogens is 2. The minimum absolute atomic E-state index is 0.264. The standard InChI is InChI=1S/2C26H24F2N4O.C2H6/c27-20-6-1-4-18(14-20)25-26(19-5-2-7-21(28)15-19)30-24(29-25)17-31-10-12-32(13-11-31)22-8-3-9-23(33)16-22;27-20-7-3-5-18(15-20)25-26(19-6-4-8-21(28)16-19)30-24(29-25)17-31-11-13-32(14-12-31)22-9-1-2-10-23(22)33;1-2/h1-9,14-16,33H,10-13,17H2,(H,29,30);1-10,15-16,33H,11-14,17H2,(H,29,30);1-2H3. The van der Waals surface area contributed by atoms with Crippen molar-refractivity contribution in [2.45, 2.75) is 26.9 Å². The molecule has 14 heteroatoms. The van der Waals surface area contributed by atoms with E-state index in [0.717, 1.165) is 75.4 Å². The van der Waals surface area contributed by atoms with Gasteiger partial charge in [-0.15, -0.1) is 0 Å². The zero-order valence-electron chi connectivity index (χ0n) is 38.0. The molecule has 0 radical (unpaired) electrons. The van der Waals surface area contributed by atoms with E-state index in [2.05, 4.69) is 29.6 Å². The molecule has 4 heterocycles. The molecule has 0 saturated carbocycles. The summed E-state index contributed by atoms with van der Waals surface area (Å²) in [5.74, 6) is 0.680. The summed E-state index contributed by atoms with van der Waals surface area (Å²) in [5.41, 5.74) is 7.02. The first kappa shape index (κ1) is 47.1. The van der Waals surface area contributed by atoms with Gasteiger partial charge in [0.15, 0.2) is 0 Å². The van der Waals surface area contributed by atoms with Crippen molar-refractivity contribution < 1.29 is 27.8 Å². The molecule has 2 aliphatic heterocycles. The van der Waals surface area contributed by atoms with Crippen molar-refractivity contribution in [2.75, 3.05) is 62.2 Å². The maximum absolute atomic E-state index is 13.9. The number of imidazole rings is 2. The van der Waals surface area contributed by atoms with Crippen LogP contribution in [0.25, 0.3) is 45.0 Å². The molecule has 6 aromatic carbocycles. The van der Waals surface area contributed by atoms with Gasteiger partial charge in [0.1, 0.15) is 46.4 Å². The van der Waals surface area contributed by atoms with Crippen molar-refractivity contribution >= 4 is 11.4 Å². The Hall–Kier alpha value is -7.42. The number of piperazine rings is 2. The number of aromatic hydroxyl groups is 2. The van der Waals surface area contributed by atoms with Crippen LogP contribution in [0.5, 0.6) is 11.5 Å². The zero-order valence-corrected chi connectivity index (χ0v) is 38.0. The lowest BCUT2D eigenvalue weighted by Gasteiger charge is -2.35. The van der Waals surface area contributed by atoms with Crippen LogP contribution in [0.4, 0.5) is 28.9 Å². The van der Waals surface area contributed by atoms with E-state index in [0.29, 0.717) is 58.1 Å². The van der Waals surface area contributed by atoms with Crippen LogP contribution in [0, 0.1) is 23.3 Å². The molecule has 0 spiro atoms. The molecule has 2 aromatic heterocycles. The summed E-state index contributed by atoms with van der Waals surface area (Å²) < 4.78 is 55.6. The van der Waals surface area contributed by atoms with E-state index in [9.17, 15) is 27.8 Å². The molecule has 350 valence electrons. The van der Waals surface area contributed by atoms with E-state index < -0.39 is 0 Å². The normalized spacial score (nSPS) is 14.2. The Morgan fingerprint density at radius 3 is 1.31 bits per heavy atom. The molecule has 0 amide bonds. The maximum atomic E-state index is 13.9. The molecule has 8 aromatic rings. The van der Waals surface area contributed by atoms with Crippen LogP contribution in [0.3, 0.4) is 0 Å². The Bertz CT molecular complexity index is 2800. The number of anilines is 2. The molecule has 0 unspecified atom stereocenters. The third kappa shape index (κ3) is 11.6. The van der Waals surface area contributed by atoms with E-state index >= 15 is 0 Å². The fourth-order valence-electron chi connectivity index (χ4n) is 8.55. The molecule has 0 bridgehead atoms. The molecule has 4 N–H and O–H groups in total. The minimum atomic E-state index is -0.345. The van der Waals surface area contributed by atoms with Crippen molar-refractivity contribution in [3.05, 3.63) is 181 Å². The molecular formula is C54H54F4N8O2. The summed E-state index contributed by atoms with van der Waals surface area (Å²) in [6, 6.07) is 39.9. The summed E-state index contributed by atoms with van der Waals surface area (Å²) in [5, 5.41) is 19.9. The Balaban J connectivity index is 0.000000177. The highest BCUT2D eigenvalue weighted by Gasteiger charge is 2.24. The van der Waals surface area contributed by atoms with Crippen LogP contribution in [-0.4, -0.2) is 92.3 Å². The van der Waals surface area contributed by atoms with Gasteiger partial charge in [-0.3, -0.25) is 9.80 Å². The van der Waals surface area contributed by atoms with E-state index in [1.165, 1.54) is 48.5 Å². The van der Waals surface area contributed by atoms with E-state index in [1.54, 1.807) is 54.6 Å². The average Bonchev–Trinajstić information content (AvgIpc) is 3.98. The van der Waals surface area contributed by atoms with Crippen molar-refractivity contribution in [3.8, 4) is 56.5 Å². The number of benzene rings is 6. The number of hydrogen-bond acceptors (Lipinski definition) is 8. The molecule has 0 aliphatic carbocycles. The Labute approximate surface area is 393 Å². The van der Waals surface area contributed by atoms with Gasteiger partial charge in [0.25, 0.3) is 0 Å². The second-order valence-electron chi connectivity index (χ2n) is 16.4. The fourth-order valence-corrected chi connectivity index (χ4v) is 8.55. The Morgan fingerprint density at radius 2 is 0.868 bits per heavy atom. The van der Waals surface area contributed by atoms with Gasteiger partial charge in [0.2, 0.25) is 0 Å². The minimum Gasteiger partial charge on any atom is -0.508 e. The number of phenols is 2. The summed E-state index contributed by atoms with van der Waals surface area (Å²) in [7, 11) is 0. The van der Waals surface area contributed by atoms with Crippen LogP contribution < -0.4 is 9.80 Å². The first-order chi connectivity index (χ1) is 33.1. The smallest absolute Gasteiger partial charge is 0.138 e. The predicted octanol–water partition coefficient (Wildman–Crippen LogP) is 11.1. The number of halogens is 4. The second kappa shape index (κ2) is 21.9. The summed E-state index contributed by atoms with van der Waals surface area (Å²) in [4.78, 5) is 25.2. The van der Waals surface area contributed by atoms with Crippen molar-refractivity contribution in [1.82, 2.24) is 29.7 Å². The predicted molar refractivity (Wildman–Crippen MR) is 261 cm³/mol. The number of phenolic OH excluding ortho intramolecular Hbond substituents is 2. The highest BCUT2D eigenvalue weighted by molar-refractivity contribution is 5.79. The quantitative estimate of drug-likeness (QED) is 0.100. The van der Waals surface area contributed by atoms with E-state index in [-0.39, 0.29) is 34.8 Å². The summed E-state index contributed by atoms with van der Waals surface area (Å²) in [6.07, 6.45) is 0. The van der Waals surface area contributed by atoms with Gasteiger partial charge < -0.3 is 30.0 Å². The van der Waals surface area contributed by atoms with Gasteiger partial charge >= 0.3 is 0 Å². The van der Waals surface area contributed by atoms with Gasteiger partial charge in [0, 0.05) is 86.4 Å². The van der Waals surface area contributed by atoms with Gasteiger partial charge in [-0.1, -0.05) is 80.6 Å². The van der Waals surface area contributed by atoms with Gasteiger partial charge in [-0.25, -0.2) is 27.5 Å². The number of aromatic amines is 2. The largest absolute Gasteiger partial charge is 0.508 e. The molecule has 10 nitrogen and oxygen atoms in total. The Morgan fingerprint density at radius 1 is 0.456 bits per heavy atom. The topological polar surface area (TPSA) is 111 Å². The third-order valence-corrected chi connectivity index (χ3v) is 11.8. The van der Waals surface area contributed by atoms with Crippen LogP contribution in [0.15, 0.2) is 146 Å². The molecule has 0 atom stereocenters. The Kier molecular flexibility index (Phi) is 15.2. The van der Waals surface area contributed by atoms with Gasteiger partial charge in [-0.2, -0.15) is 0 Å². The van der Waals surface area contributed by atoms with Crippen molar-refractivity contribution in [3.63, 3.8) is 0 Å². The lowest BCUT2D eigenvalue weighted by Crippen LogP contribution is -2.46. The van der Waals surface area contributed by atoms with E-state index in [1.807, 2.05) is 56.3 Å². The number of nitrogens with zero attached hydrogens (tertiary/aromatic N) is 6. The summed E-state index contributed by atoms with van der Waals surface area (Å²) >= 11 is 0. The first-order valence-corrected chi connectivity index (χ1v) is 22.8. The third-order valence-electron chi connectivity index (χ3n) is 11.8.